The molecule has 0 bridgehead atoms. The van der Waals surface area contributed by atoms with Crippen LogP contribution in [-0.4, -0.2) is 16.2 Å². The minimum atomic E-state index is -1.23. The number of nitroso groups, excluding NO2 is 1. The van der Waals surface area contributed by atoms with Crippen LogP contribution in [0.2, 0.25) is 0 Å². The summed E-state index contributed by atoms with van der Waals surface area (Å²) in [5.41, 5.74) is -0.107. The maximum absolute atomic E-state index is 11.3. The number of furan rings is 1. The second kappa shape index (κ2) is 4.06. The zero-order valence-electron chi connectivity index (χ0n) is 10.4. The average molecular weight is 271 g/mol. The SMILES string of the molecule is Cc1oc2c(c(O)c(N=O)c3ccccc32)c1C(=O)O. The van der Waals surface area contributed by atoms with Crippen LogP contribution in [0.15, 0.2) is 33.9 Å². The number of phenols is 1. The van der Waals surface area contributed by atoms with Gasteiger partial charge in [0.15, 0.2) is 11.4 Å². The van der Waals surface area contributed by atoms with Gasteiger partial charge in [-0.1, -0.05) is 24.3 Å². The van der Waals surface area contributed by atoms with E-state index in [-0.39, 0.29) is 28.0 Å². The van der Waals surface area contributed by atoms with E-state index < -0.39 is 11.7 Å². The van der Waals surface area contributed by atoms with E-state index in [9.17, 15) is 19.9 Å². The standard InChI is InChI=1S/C14H9NO5/c1-6-9(14(17)18)10-12(16)11(15-19)7-4-2-3-5-8(7)13(10)20-6/h2-5,16H,1H3,(H,17,18). The molecule has 2 aromatic carbocycles. The van der Waals surface area contributed by atoms with Gasteiger partial charge in [0, 0.05) is 10.8 Å². The fourth-order valence-electron chi connectivity index (χ4n) is 2.44. The maximum Gasteiger partial charge on any atom is 0.340 e. The van der Waals surface area contributed by atoms with Crippen LogP contribution in [0.1, 0.15) is 16.1 Å². The van der Waals surface area contributed by atoms with Crippen molar-refractivity contribution in [1.82, 2.24) is 0 Å². The first-order valence-electron chi connectivity index (χ1n) is 5.79. The third-order valence-electron chi connectivity index (χ3n) is 3.28. The van der Waals surface area contributed by atoms with Crippen LogP contribution in [-0.2, 0) is 0 Å². The first-order valence-corrected chi connectivity index (χ1v) is 5.79. The number of rotatable bonds is 2. The lowest BCUT2D eigenvalue weighted by Crippen LogP contribution is -1.96. The molecule has 0 atom stereocenters. The molecule has 0 fully saturated rings. The molecule has 0 saturated heterocycles. The van der Waals surface area contributed by atoms with Gasteiger partial charge in [-0.25, -0.2) is 4.79 Å². The van der Waals surface area contributed by atoms with Gasteiger partial charge in [0.25, 0.3) is 0 Å². The zero-order valence-corrected chi connectivity index (χ0v) is 10.4. The molecule has 0 unspecified atom stereocenters. The van der Waals surface area contributed by atoms with Gasteiger partial charge in [0.1, 0.15) is 16.9 Å². The number of fused-ring (bicyclic) bond motifs is 3. The van der Waals surface area contributed by atoms with Gasteiger partial charge in [0.05, 0.1) is 5.39 Å². The second-order valence-electron chi connectivity index (χ2n) is 4.38. The molecule has 1 aromatic heterocycles. The highest BCUT2D eigenvalue weighted by molar-refractivity contribution is 6.19. The largest absolute Gasteiger partial charge is 0.505 e. The van der Waals surface area contributed by atoms with Crippen LogP contribution in [0.3, 0.4) is 0 Å². The lowest BCUT2D eigenvalue weighted by atomic mass is 10.0. The van der Waals surface area contributed by atoms with Gasteiger partial charge >= 0.3 is 5.97 Å². The van der Waals surface area contributed by atoms with E-state index >= 15 is 0 Å². The maximum atomic E-state index is 11.3. The molecule has 0 aliphatic rings. The summed E-state index contributed by atoms with van der Waals surface area (Å²) in [6.45, 7) is 1.49. The van der Waals surface area contributed by atoms with E-state index in [0.29, 0.717) is 10.8 Å². The van der Waals surface area contributed by atoms with Gasteiger partial charge in [-0.3, -0.25) is 0 Å². The third kappa shape index (κ3) is 1.41. The molecule has 0 saturated carbocycles. The molecule has 0 amide bonds. The quantitative estimate of drug-likeness (QED) is 0.692. The Balaban J connectivity index is 2.68. The summed E-state index contributed by atoms with van der Waals surface area (Å²) < 4.78 is 5.47. The van der Waals surface area contributed by atoms with E-state index in [1.807, 2.05) is 0 Å². The monoisotopic (exact) mass is 271 g/mol. The normalized spacial score (nSPS) is 11.1. The van der Waals surface area contributed by atoms with Crippen molar-refractivity contribution in [2.75, 3.05) is 0 Å². The molecule has 2 N–H and O–H groups in total. The molecule has 100 valence electrons. The van der Waals surface area contributed by atoms with Crippen LogP contribution in [0.25, 0.3) is 21.7 Å². The van der Waals surface area contributed by atoms with Crippen molar-refractivity contribution in [2.24, 2.45) is 5.18 Å². The lowest BCUT2D eigenvalue weighted by Gasteiger charge is -2.04. The van der Waals surface area contributed by atoms with Crippen molar-refractivity contribution in [3.05, 3.63) is 40.5 Å². The summed E-state index contributed by atoms with van der Waals surface area (Å²) in [7, 11) is 0. The Morgan fingerprint density at radius 1 is 1.25 bits per heavy atom. The Morgan fingerprint density at radius 2 is 1.90 bits per heavy atom. The molecule has 0 aliphatic heterocycles. The van der Waals surface area contributed by atoms with Gasteiger partial charge in [-0.05, 0) is 12.1 Å². The fraction of sp³-hybridized carbons (Fsp3) is 0.0714. The number of aryl methyl sites for hydroxylation is 1. The number of nitrogens with zero attached hydrogens (tertiary/aromatic N) is 1. The molecule has 3 aromatic rings. The van der Waals surface area contributed by atoms with Gasteiger partial charge < -0.3 is 14.6 Å². The Bertz CT molecular complexity index is 878. The van der Waals surface area contributed by atoms with Crippen molar-refractivity contribution in [3.8, 4) is 5.75 Å². The Hall–Kier alpha value is -2.89. The topological polar surface area (TPSA) is 100 Å². The minimum Gasteiger partial charge on any atom is -0.505 e. The number of hydrogen-bond donors (Lipinski definition) is 2. The summed E-state index contributed by atoms with van der Waals surface area (Å²) in [5.74, 6) is -1.54. The summed E-state index contributed by atoms with van der Waals surface area (Å²) in [6.07, 6.45) is 0. The molecule has 3 rings (SSSR count). The summed E-state index contributed by atoms with van der Waals surface area (Å²) in [6, 6.07) is 6.71. The number of aromatic hydroxyl groups is 1. The highest BCUT2D eigenvalue weighted by Crippen LogP contribution is 2.45. The van der Waals surface area contributed by atoms with Crippen LogP contribution in [0.5, 0.6) is 5.75 Å². The zero-order chi connectivity index (χ0) is 14.4. The fourth-order valence-corrected chi connectivity index (χ4v) is 2.44. The lowest BCUT2D eigenvalue weighted by molar-refractivity contribution is 0.0696. The van der Waals surface area contributed by atoms with Crippen LogP contribution in [0, 0.1) is 11.8 Å². The number of carboxylic acid groups (broad SMARTS) is 1. The predicted octanol–water partition coefficient (Wildman–Crippen LogP) is 3.70. The summed E-state index contributed by atoms with van der Waals surface area (Å²) in [5, 5.41) is 23.2. The summed E-state index contributed by atoms with van der Waals surface area (Å²) in [4.78, 5) is 22.3. The van der Waals surface area contributed by atoms with Crippen molar-refractivity contribution in [2.45, 2.75) is 6.92 Å². The molecule has 6 nitrogen and oxygen atoms in total. The van der Waals surface area contributed by atoms with Gasteiger partial charge in [-0.15, -0.1) is 4.91 Å². The first kappa shape index (κ1) is 12.2. The van der Waals surface area contributed by atoms with E-state index in [0.717, 1.165) is 0 Å². The molecule has 6 heteroatoms. The summed E-state index contributed by atoms with van der Waals surface area (Å²) >= 11 is 0. The third-order valence-corrected chi connectivity index (χ3v) is 3.28. The predicted molar refractivity (Wildman–Crippen MR) is 72.5 cm³/mol. The van der Waals surface area contributed by atoms with Crippen molar-refractivity contribution >= 4 is 33.4 Å². The van der Waals surface area contributed by atoms with Crippen LogP contribution >= 0.6 is 0 Å². The average Bonchev–Trinajstić information content (AvgIpc) is 2.77. The van der Waals surface area contributed by atoms with Crippen LogP contribution in [0.4, 0.5) is 5.69 Å². The van der Waals surface area contributed by atoms with Gasteiger partial charge in [0.2, 0.25) is 0 Å². The number of aromatic carboxylic acids is 1. The van der Waals surface area contributed by atoms with E-state index in [2.05, 4.69) is 5.18 Å². The smallest absolute Gasteiger partial charge is 0.340 e. The second-order valence-corrected chi connectivity index (χ2v) is 4.38. The number of hydrogen-bond acceptors (Lipinski definition) is 5. The first-order chi connectivity index (χ1) is 9.56. The van der Waals surface area contributed by atoms with Crippen molar-refractivity contribution < 1.29 is 19.4 Å². The molecule has 0 spiro atoms. The molecule has 20 heavy (non-hydrogen) atoms. The van der Waals surface area contributed by atoms with Crippen molar-refractivity contribution in [1.29, 1.82) is 0 Å². The number of benzene rings is 2. The van der Waals surface area contributed by atoms with Crippen molar-refractivity contribution in [3.63, 3.8) is 0 Å². The highest BCUT2D eigenvalue weighted by Gasteiger charge is 2.25. The number of phenolic OH excluding ortho intramolecular Hbond substituents is 1. The molecule has 0 aliphatic carbocycles. The molecule has 1 heterocycles. The van der Waals surface area contributed by atoms with E-state index in [1.54, 1.807) is 24.3 Å². The Labute approximate surface area is 112 Å². The van der Waals surface area contributed by atoms with Gasteiger partial charge in [-0.2, -0.15) is 0 Å². The molecular weight excluding hydrogens is 262 g/mol. The van der Waals surface area contributed by atoms with Crippen LogP contribution < -0.4 is 0 Å². The number of carboxylic acids is 1. The number of carbonyl (C=O) groups is 1. The molecular formula is C14H9NO5. The molecule has 0 radical (unpaired) electrons. The Morgan fingerprint density at radius 3 is 2.50 bits per heavy atom. The van der Waals surface area contributed by atoms with E-state index in [4.69, 9.17) is 4.42 Å². The Kier molecular flexibility index (Phi) is 2.47. The minimum absolute atomic E-state index is 0.00306. The van der Waals surface area contributed by atoms with E-state index in [1.165, 1.54) is 6.92 Å². The highest BCUT2D eigenvalue weighted by atomic mass is 16.4.